The number of anilines is 1. The zero-order valence-corrected chi connectivity index (χ0v) is 19.2. The summed E-state index contributed by atoms with van der Waals surface area (Å²) in [6.07, 6.45) is 5.31. The zero-order chi connectivity index (χ0) is 23.1. The van der Waals surface area contributed by atoms with E-state index in [1.165, 1.54) is 6.08 Å². The highest BCUT2D eigenvalue weighted by Gasteiger charge is 2.31. The molecule has 1 unspecified atom stereocenters. The second-order valence-electron chi connectivity index (χ2n) is 8.18. The number of allylic oxidation sites excluding steroid dienone is 2. The van der Waals surface area contributed by atoms with Crippen molar-refractivity contribution in [3.8, 4) is 6.07 Å². The van der Waals surface area contributed by atoms with Crippen molar-refractivity contribution in [2.45, 2.75) is 45.3 Å². The van der Waals surface area contributed by atoms with Crippen LogP contribution < -0.4 is 5.32 Å². The zero-order valence-electron chi connectivity index (χ0n) is 19.2. The molecule has 0 bridgehead atoms. The second kappa shape index (κ2) is 10.4. The first-order chi connectivity index (χ1) is 14.7. The lowest BCUT2D eigenvalue weighted by Gasteiger charge is -2.41. The van der Waals surface area contributed by atoms with Gasteiger partial charge in [-0.05, 0) is 44.9 Å². The average Bonchev–Trinajstić information content (AvgIpc) is 2.79. The summed E-state index contributed by atoms with van der Waals surface area (Å²) in [5.74, 6) is 0.760. The van der Waals surface area contributed by atoms with Crippen LogP contribution in [-0.2, 0) is 5.67 Å². The van der Waals surface area contributed by atoms with Gasteiger partial charge in [0.2, 0.25) is 0 Å². The Kier molecular flexibility index (Phi) is 8.18. The topological polar surface area (TPSA) is 54.7 Å². The van der Waals surface area contributed by atoms with E-state index in [1.54, 1.807) is 25.3 Å². The van der Waals surface area contributed by atoms with Crippen molar-refractivity contribution in [2.75, 3.05) is 31.5 Å². The number of hydrogen-bond donors (Lipinski definition) is 1. The van der Waals surface area contributed by atoms with E-state index >= 15 is 0 Å². The average molecular weight is 426 g/mol. The van der Waals surface area contributed by atoms with E-state index in [2.05, 4.69) is 39.3 Å². The van der Waals surface area contributed by atoms with Crippen molar-refractivity contribution in [1.29, 1.82) is 5.26 Å². The lowest BCUT2D eigenvalue weighted by molar-refractivity contribution is 0.111. The van der Waals surface area contributed by atoms with Gasteiger partial charge in [0.25, 0.3) is 0 Å². The van der Waals surface area contributed by atoms with E-state index in [1.807, 2.05) is 39.0 Å². The van der Waals surface area contributed by atoms with Crippen LogP contribution in [-0.4, -0.2) is 47.4 Å². The minimum absolute atomic E-state index is 0. The first-order valence-corrected chi connectivity index (χ1v) is 10.7. The standard InChI is InChI=1S/C25H34FN5.H2/c1-7-14-28-23(30-15-17-31(18-16-30)24(5,6)19-27)20(4)29-22-12-10-21(11-13-22)25(26,8-2)9-3;/h7-8,10-14,29H,2,4,9,15-18H2,1,3,5-6H3;1H/b14-7-,28-23?;. The molecule has 0 saturated carbocycles. The van der Waals surface area contributed by atoms with Crippen LogP contribution in [0.5, 0.6) is 0 Å². The highest BCUT2D eigenvalue weighted by atomic mass is 19.1. The van der Waals surface area contributed by atoms with Crippen LogP contribution in [0.3, 0.4) is 0 Å². The van der Waals surface area contributed by atoms with Gasteiger partial charge in [0.05, 0.1) is 11.8 Å². The molecule has 0 spiro atoms. The van der Waals surface area contributed by atoms with E-state index in [0.717, 1.165) is 37.7 Å². The molecule has 0 aromatic heterocycles. The Balaban J connectivity index is 0.00000512. The number of nitrogens with zero attached hydrogens (tertiary/aromatic N) is 4. The number of aliphatic imine (C=N–C) groups is 1. The lowest BCUT2D eigenvalue weighted by atomic mass is 9.93. The van der Waals surface area contributed by atoms with Gasteiger partial charge in [-0.1, -0.05) is 44.4 Å². The molecule has 1 fully saturated rings. The van der Waals surface area contributed by atoms with Crippen molar-refractivity contribution in [1.82, 2.24) is 9.80 Å². The Morgan fingerprint density at radius 3 is 2.39 bits per heavy atom. The van der Waals surface area contributed by atoms with Crippen LogP contribution in [0, 0.1) is 11.3 Å². The highest BCUT2D eigenvalue weighted by Crippen LogP contribution is 2.31. The molecule has 1 aliphatic rings. The molecule has 1 aliphatic heterocycles. The maximum absolute atomic E-state index is 14.8. The number of rotatable bonds is 8. The first-order valence-electron chi connectivity index (χ1n) is 10.7. The van der Waals surface area contributed by atoms with Gasteiger partial charge in [0.15, 0.2) is 11.5 Å². The van der Waals surface area contributed by atoms with Gasteiger partial charge in [-0.3, -0.25) is 4.90 Å². The van der Waals surface area contributed by atoms with Crippen LogP contribution in [0.4, 0.5) is 10.1 Å². The fourth-order valence-electron chi connectivity index (χ4n) is 3.57. The van der Waals surface area contributed by atoms with Crippen LogP contribution in [0.1, 0.15) is 41.1 Å². The summed E-state index contributed by atoms with van der Waals surface area (Å²) in [4.78, 5) is 8.95. The molecule has 1 saturated heterocycles. The third-order valence-corrected chi connectivity index (χ3v) is 5.76. The molecule has 31 heavy (non-hydrogen) atoms. The number of nitrogens with one attached hydrogen (secondary N) is 1. The van der Waals surface area contributed by atoms with Gasteiger partial charge in [-0.2, -0.15) is 5.26 Å². The third kappa shape index (κ3) is 5.83. The smallest absolute Gasteiger partial charge is 0.153 e. The van der Waals surface area contributed by atoms with E-state index < -0.39 is 11.2 Å². The largest absolute Gasteiger partial charge is 0.353 e. The quantitative estimate of drug-likeness (QED) is 0.341. The molecule has 6 heteroatoms. The molecule has 1 aromatic carbocycles. The third-order valence-electron chi connectivity index (χ3n) is 5.76. The second-order valence-corrected chi connectivity index (χ2v) is 8.18. The van der Waals surface area contributed by atoms with Crippen LogP contribution in [0.2, 0.25) is 0 Å². The Morgan fingerprint density at radius 1 is 1.29 bits per heavy atom. The Bertz CT molecular complexity index is 877. The van der Waals surface area contributed by atoms with Gasteiger partial charge in [0.1, 0.15) is 5.54 Å². The molecule has 1 atom stereocenters. The molecule has 5 nitrogen and oxygen atoms in total. The van der Waals surface area contributed by atoms with Gasteiger partial charge in [-0.15, -0.1) is 0 Å². The molecule has 2 rings (SSSR count). The summed E-state index contributed by atoms with van der Waals surface area (Å²) in [5.41, 5.74) is 0.0583. The number of alkyl halides is 1. The number of halogens is 1. The number of amidine groups is 1. The normalized spacial score (nSPS) is 17.8. The van der Waals surface area contributed by atoms with Crippen LogP contribution in [0.25, 0.3) is 0 Å². The molecule has 0 aliphatic carbocycles. The fourth-order valence-corrected chi connectivity index (χ4v) is 3.57. The summed E-state index contributed by atoms with van der Waals surface area (Å²) in [6, 6.07) is 9.60. The van der Waals surface area contributed by atoms with Crippen molar-refractivity contribution >= 4 is 11.5 Å². The van der Waals surface area contributed by atoms with E-state index in [0.29, 0.717) is 17.7 Å². The van der Waals surface area contributed by atoms with Crippen molar-refractivity contribution in [3.05, 3.63) is 67.0 Å². The lowest BCUT2D eigenvalue weighted by Crippen LogP contribution is -2.55. The van der Waals surface area contributed by atoms with Crippen molar-refractivity contribution in [2.24, 2.45) is 4.99 Å². The van der Waals surface area contributed by atoms with Gasteiger partial charge in [0, 0.05) is 39.5 Å². The molecule has 168 valence electrons. The number of nitriles is 1. The van der Waals surface area contributed by atoms with Gasteiger partial charge >= 0.3 is 0 Å². The molecule has 0 radical (unpaired) electrons. The van der Waals surface area contributed by atoms with Gasteiger partial charge < -0.3 is 10.2 Å². The maximum Gasteiger partial charge on any atom is 0.153 e. The maximum atomic E-state index is 14.8. The SMILES string of the molecule is C=CC(F)(CC)c1ccc(NC(=C)C(=N/C=C\C)N2CCN(C(C)(C)C#N)CC2)cc1.[HH]. The monoisotopic (exact) mass is 425 g/mol. The minimum Gasteiger partial charge on any atom is -0.353 e. The molecule has 1 N–H and O–H groups in total. The predicted molar refractivity (Wildman–Crippen MR) is 130 cm³/mol. The predicted octanol–water partition coefficient (Wildman–Crippen LogP) is 5.47. The fraction of sp³-hybridized carbons (Fsp3) is 0.440. The summed E-state index contributed by atoms with van der Waals surface area (Å²) in [6.45, 7) is 18.5. The van der Waals surface area contributed by atoms with E-state index in [4.69, 9.17) is 0 Å². The summed E-state index contributed by atoms with van der Waals surface area (Å²) in [5, 5.41) is 12.7. The molecule has 1 heterocycles. The highest BCUT2D eigenvalue weighted by molar-refractivity contribution is 6.00. The number of hydrogen-bond acceptors (Lipinski definition) is 4. The van der Waals surface area contributed by atoms with Gasteiger partial charge in [-0.25, -0.2) is 9.38 Å². The van der Waals surface area contributed by atoms with Crippen LogP contribution in [0.15, 0.2) is 66.5 Å². The number of benzene rings is 1. The minimum atomic E-state index is -1.52. The van der Waals surface area contributed by atoms with E-state index in [-0.39, 0.29) is 1.43 Å². The van der Waals surface area contributed by atoms with Crippen molar-refractivity contribution < 1.29 is 5.82 Å². The number of piperazine rings is 1. The molecule has 1 aromatic rings. The van der Waals surface area contributed by atoms with Crippen LogP contribution >= 0.6 is 0 Å². The Hall–Kier alpha value is -2.91. The first kappa shape index (κ1) is 24.4. The Morgan fingerprint density at radius 2 is 1.90 bits per heavy atom. The Labute approximate surface area is 187 Å². The molecular formula is C25H36FN5. The summed E-state index contributed by atoms with van der Waals surface area (Å²) < 4.78 is 14.8. The summed E-state index contributed by atoms with van der Waals surface area (Å²) in [7, 11) is 0. The molecular weight excluding hydrogens is 389 g/mol. The molecule has 0 amide bonds. The summed E-state index contributed by atoms with van der Waals surface area (Å²) >= 11 is 0. The van der Waals surface area contributed by atoms with Crippen molar-refractivity contribution in [3.63, 3.8) is 0 Å². The van der Waals surface area contributed by atoms with E-state index in [9.17, 15) is 9.65 Å².